The van der Waals surface area contributed by atoms with Gasteiger partial charge in [-0.1, -0.05) is 44.2 Å². The molecular weight excluding hydrogens is 255 g/mol. The first-order valence-corrected chi connectivity index (χ1v) is 7.73. The number of hydrogen-bond acceptors (Lipinski definition) is 2. The zero-order valence-electron chi connectivity index (χ0n) is 12.1. The topological polar surface area (TPSA) is 18.5 Å². The third-order valence-electron chi connectivity index (χ3n) is 4.71. The summed E-state index contributed by atoms with van der Waals surface area (Å²) in [6.45, 7) is 3.25. The predicted molar refractivity (Wildman–Crippen MR) is 75.8 cm³/mol. The molecular formula is C17H23FO2. The lowest BCUT2D eigenvalue weighted by Gasteiger charge is -2.36. The molecule has 1 saturated heterocycles. The van der Waals surface area contributed by atoms with Crippen LogP contribution in [0.1, 0.15) is 49.5 Å². The van der Waals surface area contributed by atoms with Gasteiger partial charge in [0.05, 0.1) is 13.2 Å². The molecule has 1 aliphatic carbocycles. The van der Waals surface area contributed by atoms with Gasteiger partial charge in [0.1, 0.15) is 5.82 Å². The number of rotatable bonds is 2. The summed E-state index contributed by atoms with van der Waals surface area (Å²) in [6.07, 6.45) is 6.27. The summed E-state index contributed by atoms with van der Waals surface area (Å²) in [6, 6.07) is 5.20. The molecule has 2 nitrogen and oxygen atoms in total. The van der Waals surface area contributed by atoms with E-state index in [9.17, 15) is 4.39 Å². The van der Waals surface area contributed by atoms with E-state index in [4.69, 9.17) is 9.47 Å². The van der Waals surface area contributed by atoms with E-state index in [2.05, 4.69) is 0 Å². The number of ether oxygens (including phenoxy) is 2. The summed E-state index contributed by atoms with van der Waals surface area (Å²) in [7, 11) is 0. The van der Waals surface area contributed by atoms with E-state index in [0.29, 0.717) is 11.5 Å². The highest BCUT2D eigenvalue weighted by atomic mass is 19.1. The monoisotopic (exact) mass is 278 g/mol. The average Bonchev–Trinajstić information content (AvgIpc) is 2.51. The van der Waals surface area contributed by atoms with Crippen molar-refractivity contribution in [3.05, 3.63) is 35.1 Å². The van der Waals surface area contributed by atoms with Gasteiger partial charge in [0.2, 0.25) is 0 Å². The van der Waals surface area contributed by atoms with Gasteiger partial charge in [-0.15, -0.1) is 0 Å². The lowest BCUT2D eigenvalue weighted by molar-refractivity contribution is -0.214. The van der Waals surface area contributed by atoms with Crippen LogP contribution in [0.15, 0.2) is 18.2 Å². The highest BCUT2D eigenvalue weighted by Crippen LogP contribution is 2.35. The van der Waals surface area contributed by atoms with E-state index in [0.717, 1.165) is 24.7 Å². The molecule has 1 aromatic rings. The minimum Gasteiger partial charge on any atom is -0.348 e. The second-order valence-electron chi connectivity index (χ2n) is 6.17. The Morgan fingerprint density at radius 3 is 2.35 bits per heavy atom. The van der Waals surface area contributed by atoms with Crippen LogP contribution < -0.4 is 0 Å². The van der Waals surface area contributed by atoms with Crippen LogP contribution in [0.3, 0.4) is 0 Å². The molecule has 2 fully saturated rings. The van der Waals surface area contributed by atoms with Crippen molar-refractivity contribution in [2.45, 2.75) is 45.3 Å². The maximum absolute atomic E-state index is 13.6. The van der Waals surface area contributed by atoms with Crippen LogP contribution in [0, 0.1) is 24.6 Å². The normalized spacial score (nSPS) is 28.5. The van der Waals surface area contributed by atoms with Gasteiger partial charge in [-0.05, 0) is 24.5 Å². The van der Waals surface area contributed by atoms with Gasteiger partial charge in [-0.25, -0.2) is 4.39 Å². The first-order valence-electron chi connectivity index (χ1n) is 7.73. The van der Waals surface area contributed by atoms with Gasteiger partial charge in [0.15, 0.2) is 6.29 Å². The van der Waals surface area contributed by atoms with Crippen LogP contribution in [-0.2, 0) is 9.47 Å². The Bertz CT molecular complexity index is 446. The predicted octanol–water partition coefficient (Wildman–Crippen LogP) is 4.38. The highest BCUT2D eigenvalue weighted by Gasteiger charge is 2.30. The van der Waals surface area contributed by atoms with Gasteiger partial charge in [0, 0.05) is 11.5 Å². The standard InChI is InChI=1S/C17H23FO2/c1-12-7-8-14(9-16(12)18)17-19-10-15(11-20-17)13-5-3-2-4-6-13/h7-9,13,15,17H,2-6,10-11H2,1H3. The Balaban J connectivity index is 1.58. The van der Waals surface area contributed by atoms with Crippen LogP contribution in [-0.4, -0.2) is 13.2 Å². The number of benzene rings is 1. The van der Waals surface area contributed by atoms with E-state index in [1.807, 2.05) is 6.07 Å². The Morgan fingerprint density at radius 2 is 1.70 bits per heavy atom. The van der Waals surface area contributed by atoms with E-state index in [1.165, 1.54) is 38.2 Å². The molecule has 0 bridgehead atoms. The Kier molecular flexibility index (Phi) is 4.37. The summed E-state index contributed by atoms with van der Waals surface area (Å²) >= 11 is 0. The molecule has 2 aliphatic rings. The summed E-state index contributed by atoms with van der Waals surface area (Å²) in [5, 5.41) is 0. The zero-order valence-corrected chi connectivity index (χ0v) is 12.1. The van der Waals surface area contributed by atoms with Gasteiger partial charge >= 0.3 is 0 Å². The second-order valence-corrected chi connectivity index (χ2v) is 6.17. The molecule has 20 heavy (non-hydrogen) atoms. The lowest BCUT2D eigenvalue weighted by atomic mass is 9.80. The Morgan fingerprint density at radius 1 is 1.00 bits per heavy atom. The molecule has 0 atom stereocenters. The molecule has 0 spiro atoms. The van der Waals surface area contributed by atoms with E-state index in [1.54, 1.807) is 13.0 Å². The molecule has 3 rings (SSSR count). The van der Waals surface area contributed by atoms with Crippen LogP contribution in [0.4, 0.5) is 4.39 Å². The molecule has 0 aromatic heterocycles. The molecule has 0 N–H and O–H groups in total. The van der Waals surface area contributed by atoms with E-state index in [-0.39, 0.29) is 5.82 Å². The van der Waals surface area contributed by atoms with Crippen LogP contribution in [0.5, 0.6) is 0 Å². The molecule has 1 aromatic carbocycles. The van der Waals surface area contributed by atoms with E-state index < -0.39 is 6.29 Å². The maximum atomic E-state index is 13.6. The van der Waals surface area contributed by atoms with Crippen molar-refractivity contribution in [2.24, 2.45) is 11.8 Å². The van der Waals surface area contributed by atoms with Gasteiger partial charge in [-0.3, -0.25) is 0 Å². The van der Waals surface area contributed by atoms with Crippen molar-refractivity contribution in [2.75, 3.05) is 13.2 Å². The van der Waals surface area contributed by atoms with E-state index >= 15 is 0 Å². The van der Waals surface area contributed by atoms with Crippen LogP contribution in [0.25, 0.3) is 0 Å². The first-order chi connectivity index (χ1) is 9.74. The molecule has 0 unspecified atom stereocenters. The Hall–Kier alpha value is -0.930. The number of halogens is 1. The third kappa shape index (κ3) is 3.04. The van der Waals surface area contributed by atoms with Crippen molar-refractivity contribution in [3.63, 3.8) is 0 Å². The number of hydrogen-bond donors (Lipinski definition) is 0. The highest BCUT2D eigenvalue weighted by molar-refractivity contribution is 5.24. The second kappa shape index (κ2) is 6.23. The number of aryl methyl sites for hydroxylation is 1. The maximum Gasteiger partial charge on any atom is 0.183 e. The largest absolute Gasteiger partial charge is 0.348 e. The van der Waals surface area contributed by atoms with Gasteiger partial charge < -0.3 is 9.47 Å². The van der Waals surface area contributed by atoms with Crippen molar-refractivity contribution < 1.29 is 13.9 Å². The smallest absolute Gasteiger partial charge is 0.183 e. The molecule has 1 aliphatic heterocycles. The van der Waals surface area contributed by atoms with Crippen molar-refractivity contribution >= 4 is 0 Å². The minimum atomic E-state index is -0.398. The fraction of sp³-hybridized carbons (Fsp3) is 0.647. The van der Waals surface area contributed by atoms with Crippen molar-refractivity contribution in [1.29, 1.82) is 0 Å². The zero-order chi connectivity index (χ0) is 13.9. The molecule has 1 saturated carbocycles. The molecule has 3 heteroatoms. The summed E-state index contributed by atoms with van der Waals surface area (Å²) in [5.41, 5.74) is 1.44. The summed E-state index contributed by atoms with van der Waals surface area (Å²) < 4.78 is 25.3. The van der Waals surface area contributed by atoms with Gasteiger partial charge in [0.25, 0.3) is 0 Å². The van der Waals surface area contributed by atoms with Crippen molar-refractivity contribution in [3.8, 4) is 0 Å². The van der Waals surface area contributed by atoms with Crippen LogP contribution >= 0.6 is 0 Å². The third-order valence-corrected chi connectivity index (χ3v) is 4.71. The summed E-state index contributed by atoms with van der Waals surface area (Å²) in [4.78, 5) is 0. The van der Waals surface area contributed by atoms with Crippen LogP contribution in [0.2, 0.25) is 0 Å². The minimum absolute atomic E-state index is 0.191. The quantitative estimate of drug-likeness (QED) is 0.799. The molecule has 110 valence electrons. The molecule has 1 heterocycles. The summed E-state index contributed by atoms with van der Waals surface area (Å²) in [5.74, 6) is 1.07. The van der Waals surface area contributed by atoms with Gasteiger partial charge in [-0.2, -0.15) is 0 Å². The van der Waals surface area contributed by atoms with Crippen molar-refractivity contribution in [1.82, 2.24) is 0 Å². The lowest BCUT2D eigenvalue weighted by Crippen LogP contribution is -2.33. The fourth-order valence-electron chi connectivity index (χ4n) is 3.34. The first kappa shape index (κ1) is 14.0. The fourth-order valence-corrected chi connectivity index (χ4v) is 3.34. The molecule has 0 amide bonds. The SMILES string of the molecule is Cc1ccc(C2OCC(C3CCCCC3)CO2)cc1F. The average molecular weight is 278 g/mol. The molecule has 0 radical (unpaired) electrons. The Labute approximate surface area is 120 Å².